The lowest BCUT2D eigenvalue weighted by atomic mass is 10.0. The van der Waals surface area contributed by atoms with Crippen LogP contribution in [0, 0.1) is 0 Å². The molecule has 0 saturated carbocycles. The summed E-state index contributed by atoms with van der Waals surface area (Å²) in [5.74, 6) is 0.680. The maximum absolute atomic E-state index is 6.37. The van der Waals surface area contributed by atoms with Crippen LogP contribution in [0.15, 0.2) is 24.4 Å². The van der Waals surface area contributed by atoms with Crippen LogP contribution in [0.5, 0.6) is 5.75 Å². The summed E-state index contributed by atoms with van der Waals surface area (Å²) in [4.78, 5) is 0. The Morgan fingerprint density at radius 3 is 2.43 bits per heavy atom. The van der Waals surface area contributed by atoms with E-state index in [1.807, 2.05) is 36.7 Å². The van der Waals surface area contributed by atoms with Gasteiger partial charge in [-0.3, -0.25) is 4.68 Å². The summed E-state index contributed by atoms with van der Waals surface area (Å²) < 4.78 is 7.24. The fraction of sp³-hybridized carbons (Fsp3) is 0.400. The van der Waals surface area contributed by atoms with Crippen molar-refractivity contribution in [3.63, 3.8) is 0 Å². The first-order valence-corrected chi connectivity index (χ1v) is 7.51. The third kappa shape index (κ3) is 3.34. The van der Waals surface area contributed by atoms with Crippen LogP contribution in [-0.2, 0) is 6.42 Å². The number of rotatable bonds is 5. The maximum Gasteiger partial charge on any atom is 0.161 e. The van der Waals surface area contributed by atoms with E-state index in [-0.39, 0.29) is 12.1 Å². The molecule has 2 rings (SSSR count). The minimum atomic E-state index is -0.303. The van der Waals surface area contributed by atoms with Crippen LogP contribution >= 0.6 is 23.2 Å². The average Bonchev–Trinajstić information content (AvgIpc) is 2.87. The molecule has 1 atom stereocenters. The second-order valence-corrected chi connectivity index (χ2v) is 5.96. The Morgan fingerprint density at radius 1 is 1.29 bits per heavy atom. The number of ether oxygens (including phenoxy) is 1. The molecule has 0 aliphatic rings. The lowest BCUT2D eigenvalue weighted by Gasteiger charge is -2.19. The van der Waals surface area contributed by atoms with E-state index in [0.717, 1.165) is 11.3 Å². The minimum Gasteiger partial charge on any atom is -0.493 e. The van der Waals surface area contributed by atoms with E-state index in [4.69, 9.17) is 33.7 Å². The predicted octanol–water partition coefficient (Wildman–Crippen LogP) is 4.02. The standard InChI is InChI=1S/C15H19Cl2N3O/c1-9(2)20-15(14(21-3)8-19-20)13(18)7-10-11(16)5-4-6-12(10)17/h4-6,8-9,13H,7,18H2,1-3H3. The predicted molar refractivity (Wildman–Crippen MR) is 86.3 cm³/mol. The molecule has 2 aromatic rings. The highest BCUT2D eigenvalue weighted by molar-refractivity contribution is 6.36. The number of nitrogens with two attached hydrogens (primary N) is 1. The Hall–Kier alpha value is -1.23. The van der Waals surface area contributed by atoms with Crippen LogP contribution in [0.3, 0.4) is 0 Å². The van der Waals surface area contributed by atoms with Gasteiger partial charge in [-0.2, -0.15) is 5.10 Å². The third-order valence-electron chi connectivity index (χ3n) is 3.34. The zero-order valence-corrected chi connectivity index (χ0v) is 13.8. The number of methoxy groups -OCH3 is 1. The van der Waals surface area contributed by atoms with Crippen LogP contribution < -0.4 is 10.5 Å². The van der Waals surface area contributed by atoms with E-state index in [1.165, 1.54) is 0 Å². The maximum atomic E-state index is 6.37. The molecule has 1 aromatic heterocycles. The number of hydrogen-bond acceptors (Lipinski definition) is 3. The van der Waals surface area contributed by atoms with E-state index < -0.39 is 0 Å². The molecule has 0 spiro atoms. The van der Waals surface area contributed by atoms with Gasteiger partial charge in [0, 0.05) is 16.1 Å². The molecule has 1 aromatic carbocycles. The van der Waals surface area contributed by atoms with Gasteiger partial charge in [-0.25, -0.2) is 0 Å². The molecular weight excluding hydrogens is 309 g/mol. The number of hydrogen-bond donors (Lipinski definition) is 1. The summed E-state index contributed by atoms with van der Waals surface area (Å²) in [6.45, 7) is 4.09. The molecule has 21 heavy (non-hydrogen) atoms. The van der Waals surface area contributed by atoms with Crippen molar-refractivity contribution in [2.24, 2.45) is 5.73 Å². The Bertz CT molecular complexity index is 605. The monoisotopic (exact) mass is 327 g/mol. The van der Waals surface area contributed by atoms with Gasteiger partial charge in [0.15, 0.2) is 5.75 Å². The van der Waals surface area contributed by atoms with Gasteiger partial charge in [-0.05, 0) is 38.0 Å². The molecule has 114 valence electrons. The first kappa shape index (κ1) is 16.1. The lowest BCUT2D eigenvalue weighted by molar-refractivity contribution is 0.396. The van der Waals surface area contributed by atoms with Crippen molar-refractivity contribution >= 4 is 23.2 Å². The molecule has 4 nitrogen and oxygen atoms in total. The van der Waals surface area contributed by atoms with Crippen LogP contribution in [0.1, 0.15) is 37.2 Å². The highest BCUT2D eigenvalue weighted by Crippen LogP contribution is 2.32. The molecule has 1 heterocycles. The summed E-state index contributed by atoms with van der Waals surface area (Å²) in [6.07, 6.45) is 2.21. The van der Waals surface area contributed by atoms with Gasteiger partial charge in [0.25, 0.3) is 0 Å². The van der Waals surface area contributed by atoms with Crippen LogP contribution in [-0.4, -0.2) is 16.9 Å². The van der Waals surface area contributed by atoms with Gasteiger partial charge in [0.2, 0.25) is 0 Å². The zero-order valence-electron chi connectivity index (χ0n) is 12.3. The second kappa shape index (κ2) is 6.69. The van der Waals surface area contributed by atoms with E-state index in [1.54, 1.807) is 13.3 Å². The molecule has 0 radical (unpaired) electrons. The smallest absolute Gasteiger partial charge is 0.161 e. The lowest BCUT2D eigenvalue weighted by Crippen LogP contribution is -2.20. The van der Waals surface area contributed by atoms with Gasteiger partial charge in [0.05, 0.1) is 25.0 Å². The van der Waals surface area contributed by atoms with Crippen molar-refractivity contribution in [3.05, 3.63) is 45.7 Å². The molecule has 0 bridgehead atoms. The molecule has 0 fully saturated rings. The van der Waals surface area contributed by atoms with Crippen molar-refractivity contribution in [2.75, 3.05) is 7.11 Å². The number of nitrogens with zero attached hydrogens (tertiary/aromatic N) is 2. The summed E-state index contributed by atoms with van der Waals surface area (Å²) in [5.41, 5.74) is 8.06. The summed E-state index contributed by atoms with van der Waals surface area (Å²) >= 11 is 12.4. The molecule has 0 aliphatic heterocycles. The fourth-order valence-electron chi connectivity index (χ4n) is 2.32. The highest BCUT2D eigenvalue weighted by Gasteiger charge is 2.22. The van der Waals surface area contributed by atoms with Crippen molar-refractivity contribution in [3.8, 4) is 5.75 Å². The zero-order chi connectivity index (χ0) is 15.6. The van der Waals surface area contributed by atoms with Gasteiger partial charge in [0.1, 0.15) is 0 Å². The summed E-state index contributed by atoms with van der Waals surface area (Å²) in [7, 11) is 1.61. The van der Waals surface area contributed by atoms with E-state index >= 15 is 0 Å². The van der Waals surface area contributed by atoms with Gasteiger partial charge >= 0.3 is 0 Å². The average molecular weight is 328 g/mol. The quantitative estimate of drug-likeness (QED) is 0.902. The van der Waals surface area contributed by atoms with Crippen LogP contribution in [0.4, 0.5) is 0 Å². The Morgan fingerprint density at radius 2 is 1.90 bits per heavy atom. The Labute approximate surface area is 134 Å². The molecule has 1 unspecified atom stereocenters. The SMILES string of the molecule is COc1cnn(C(C)C)c1C(N)Cc1c(Cl)cccc1Cl. The van der Waals surface area contributed by atoms with Gasteiger partial charge in [-0.15, -0.1) is 0 Å². The molecule has 0 saturated heterocycles. The van der Waals surface area contributed by atoms with Crippen molar-refractivity contribution in [2.45, 2.75) is 32.4 Å². The number of aromatic nitrogens is 2. The van der Waals surface area contributed by atoms with E-state index in [9.17, 15) is 0 Å². The second-order valence-electron chi connectivity index (χ2n) is 5.15. The van der Waals surface area contributed by atoms with Crippen molar-refractivity contribution < 1.29 is 4.74 Å². The van der Waals surface area contributed by atoms with Crippen LogP contribution in [0.25, 0.3) is 0 Å². The van der Waals surface area contributed by atoms with Gasteiger partial charge < -0.3 is 10.5 Å². The molecule has 0 amide bonds. The Balaban J connectivity index is 2.36. The summed E-state index contributed by atoms with van der Waals surface area (Å²) in [6, 6.07) is 5.33. The Kier molecular flexibility index (Phi) is 5.14. The van der Waals surface area contributed by atoms with Crippen LogP contribution in [0.2, 0.25) is 10.0 Å². The largest absolute Gasteiger partial charge is 0.493 e. The normalized spacial score (nSPS) is 12.7. The minimum absolute atomic E-state index is 0.191. The fourth-order valence-corrected chi connectivity index (χ4v) is 2.87. The first-order valence-electron chi connectivity index (χ1n) is 6.75. The van der Waals surface area contributed by atoms with Crippen molar-refractivity contribution in [1.29, 1.82) is 0 Å². The molecule has 6 heteroatoms. The van der Waals surface area contributed by atoms with E-state index in [2.05, 4.69) is 5.10 Å². The molecule has 0 aliphatic carbocycles. The summed E-state index contributed by atoms with van der Waals surface area (Å²) in [5, 5.41) is 5.58. The number of halogens is 2. The third-order valence-corrected chi connectivity index (χ3v) is 4.05. The van der Waals surface area contributed by atoms with Gasteiger partial charge in [-0.1, -0.05) is 29.3 Å². The molecule has 2 N–H and O–H groups in total. The van der Waals surface area contributed by atoms with E-state index in [0.29, 0.717) is 22.2 Å². The van der Waals surface area contributed by atoms with Crippen molar-refractivity contribution in [1.82, 2.24) is 9.78 Å². The first-order chi connectivity index (χ1) is 9.95. The molecular formula is C15H19Cl2N3O. The number of benzene rings is 1. The highest BCUT2D eigenvalue weighted by atomic mass is 35.5. The topological polar surface area (TPSA) is 53.1 Å².